The van der Waals surface area contributed by atoms with Gasteiger partial charge in [0.25, 0.3) is 0 Å². The molecule has 0 bridgehead atoms. The Morgan fingerprint density at radius 2 is 1.57 bits per heavy atom. The van der Waals surface area contributed by atoms with Crippen LogP contribution in [0.1, 0.15) is 19.8 Å². The summed E-state index contributed by atoms with van der Waals surface area (Å²) in [6, 6.07) is -0.805. The van der Waals surface area contributed by atoms with E-state index in [1.54, 1.807) is 0 Å². The Bertz CT molecular complexity index is 174. The third-order valence-electron chi connectivity index (χ3n) is 2.75. The van der Waals surface area contributed by atoms with Gasteiger partial charge in [0.05, 0.1) is 24.9 Å². The van der Waals surface area contributed by atoms with Gasteiger partial charge >= 0.3 is 0 Å². The van der Waals surface area contributed by atoms with Gasteiger partial charge in [-0.2, -0.15) is 0 Å². The molecule has 0 saturated carbocycles. The highest BCUT2D eigenvalue weighted by molar-refractivity contribution is 4.97. The van der Waals surface area contributed by atoms with Gasteiger partial charge < -0.3 is 25.7 Å². The summed E-state index contributed by atoms with van der Waals surface area (Å²) in [6.45, 7) is 1.73. The van der Waals surface area contributed by atoms with E-state index in [2.05, 4.69) is 5.32 Å². The molecule has 1 aliphatic rings. The lowest BCUT2D eigenvalue weighted by Gasteiger charge is -2.41. The van der Waals surface area contributed by atoms with Gasteiger partial charge in [-0.3, -0.25) is 0 Å². The average molecular weight is 205 g/mol. The summed E-state index contributed by atoms with van der Waals surface area (Å²) in [7, 11) is 0. The summed E-state index contributed by atoms with van der Waals surface area (Å²) < 4.78 is 0. The number of nitrogens with one attached hydrogen (secondary N) is 1. The minimum Gasteiger partial charge on any atom is -0.395 e. The second kappa shape index (κ2) is 5.04. The van der Waals surface area contributed by atoms with Crippen LogP contribution in [0.4, 0.5) is 0 Å². The van der Waals surface area contributed by atoms with Crippen LogP contribution in [-0.4, -0.2) is 57.4 Å². The lowest BCUT2D eigenvalue weighted by Crippen LogP contribution is -2.65. The van der Waals surface area contributed by atoms with Crippen molar-refractivity contribution in [2.24, 2.45) is 0 Å². The van der Waals surface area contributed by atoms with Crippen LogP contribution in [0, 0.1) is 0 Å². The normalized spacial score (nSPS) is 43.9. The third kappa shape index (κ3) is 2.24. The number of aliphatic hydroxyl groups excluding tert-OH is 4. The molecule has 0 amide bonds. The summed E-state index contributed by atoms with van der Waals surface area (Å²) in [4.78, 5) is 0. The molecular formula is C9H19NO4. The zero-order valence-corrected chi connectivity index (χ0v) is 8.30. The molecule has 1 fully saturated rings. The van der Waals surface area contributed by atoms with E-state index in [0.29, 0.717) is 6.42 Å². The van der Waals surface area contributed by atoms with E-state index in [9.17, 15) is 15.3 Å². The maximum absolute atomic E-state index is 9.60. The molecular weight excluding hydrogens is 186 g/mol. The molecule has 1 aliphatic heterocycles. The van der Waals surface area contributed by atoms with Crippen LogP contribution in [0.15, 0.2) is 0 Å². The summed E-state index contributed by atoms with van der Waals surface area (Å²) in [5.74, 6) is 0. The van der Waals surface area contributed by atoms with E-state index in [1.165, 1.54) is 0 Å². The van der Waals surface area contributed by atoms with Gasteiger partial charge in [-0.05, 0) is 6.42 Å². The molecule has 14 heavy (non-hydrogen) atoms. The molecule has 0 aromatic carbocycles. The fourth-order valence-electron chi connectivity index (χ4n) is 1.88. The van der Waals surface area contributed by atoms with Crippen molar-refractivity contribution < 1.29 is 20.4 Å². The molecule has 0 aromatic rings. The van der Waals surface area contributed by atoms with Crippen molar-refractivity contribution in [2.75, 3.05) is 6.61 Å². The molecule has 0 aromatic heterocycles. The summed E-state index contributed by atoms with van der Waals surface area (Å²) in [5.41, 5.74) is 0. The second-order valence-electron chi connectivity index (χ2n) is 3.82. The quantitative estimate of drug-likeness (QED) is 0.375. The van der Waals surface area contributed by atoms with Crippen molar-refractivity contribution in [3.8, 4) is 0 Å². The molecule has 0 aliphatic carbocycles. The third-order valence-corrected chi connectivity index (χ3v) is 2.75. The Morgan fingerprint density at radius 1 is 1.00 bits per heavy atom. The molecule has 5 N–H and O–H groups in total. The van der Waals surface area contributed by atoms with Gasteiger partial charge in [0.15, 0.2) is 0 Å². The van der Waals surface area contributed by atoms with Gasteiger partial charge in [0.1, 0.15) is 6.10 Å². The molecule has 5 nitrogen and oxygen atoms in total. The van der Waals surface area contributed by atoms with Crippen LogP contribution in [0.2, 0.25) is 0 Å². The molecule has 1 heterocycles. The van der Waals surface area contributed by atoms with E-state index in [1.807, 2.05) is 6.92 Å². The Morgan fingerprint density at radius 3 is 2.07 bits per heavy atom. The molecule has 1 rings (SSSR count). The molecule has 84 valence electrons. The number of hydrogen-bond acceptors (Lipinski definition) is 5. The van der Waals surface area contributed by atoms with Gasteiger partial charge in [-0.1, -0.05) is 13.3 Å². The Kier molecular flexibility index (Phi) is 4.28. The molecule has 0 spiro atoms. The Balaban J connectivity index is 2.63. The van der Waals surface area contributed by atoms with Crippen LogP contribution in [-0.2, 0) is 0 Å². The first-order chi connectivity index (χ1) is 6.61. The SMILES string of the molecule is CCC[C@H]1N[C@@H](CO)[C@@H](O)[C@H](O)[C@H]1O. The van der Waals surface area contributed by atoms with Crippen LogP contribution in [0.3, 0.4) is 0 Å². The number of piperidine rings is 1. The van der Waals surface area contributed by atoms with Crippen LogP contribution >= 0.6 is 0 Å². The molecule has 0 unspecified atom stereocenters. The van der Waals surface area contributed by atoms with Gasteiger partial charge in [-0.15, -0.1) is 0 Å². The Hall–Kier alpha value is -0.200. The fourth-order valence-corrected chi connectivity index (χ4v) is 1.88. The van der Waals surface area contributed by atoms with Crippen LogP contribution < -0.4 is 5.32 Å². The van der Waals surface area contributed by atoms with Crippen molar-refractivity contribution in [3.63, 3.8) is 0 Å². The predicted molar refractivity (Wildman–Crippen MR) is 50.7 cm³/mol. The molecule has 1 saturated heterocycles. The van der Waals surface area contributed by atoms with Gasteiger partial charge in [-0.25, -0.2) is 0 Å². The maximum Gasteiger partial charge on any atom is 0.109 e. The molecule has 5 atom stereocenters. The minimum atomic E-state index is -1.18. The van der Waals surface area contributed by atoms with Crippen molar-refractivity contribution in [1.29, 1.82) is 0 Å². The highest BCUT2D eigenvalue weighted by atomic mass is 16.4. The van der Waals surface area contributed by atoms with Gasteiger partial charge in [0, 0.05) is 6.04 Å². The van der Waals surface area contributed by atoms with Crippen molar-refractivity contribution in [1.82, 2.24) is 5.32 Å². The largest absolute Gasteiger partial charge is 0.395 e. The smallest absolute Gasteiger partial charge is 0.109 e. The van der Waals surface area contributed by atoms with Crippen molar-refractivity contribution >= 4 is 0 Å². The zero-order chi connectivity index (χ0) is 10.7. The minimum absolute atomic E-state index is 0.245. The first-order valence-corrected chi connectivity index (χ1v) is 5.03. The maximum atomic E-state index is 9.60. The number of rotatable bonds is 3. The monoisotopic (exact) mass is 205 g/mol. The number of hydrogen-bond donors (Lipinski definition) is 5. The van der Waals surface area contributed by atoms with Gasteiger partial charge in [0.2, 0.25) is 0 Å². The lowest BCUT2D eigenvalue weighted by atomic mass is 9.88. The molecule has 0 radical (unpaired) electrons. The van der Waals surface area contributed by atoms with E-state index < -0.39 is 24.4 Å². The van der Waals surface area contributed by atoms with E-state index in [-0.39, 0.29) is 12.6 Å². The number of aliphatic hydroxyl groups is 4. The van der Waals surface area contributed by atoms with E-state index in [4.69, 9.17) is 5.11 Å². The first-order valence-electron chi connectivity index (χ1n) is 5.03. The molecule has 5 heteroatoms. The predicted octanol–water partition coefficient (Wildman–Crippen LogP) is -1.80. The van der Waals surface area contributed by atoms with Crippen molar-refractivity contribution in [3.05, 3.63) is 0 Å². The van der Waals surface area contributed by atoms with E-state index in [0.717, 1.165) is 6.42 Å². The highest BCUT2D eigenvalue weighted by Crippen LogP contribution is 2.18. The lowest BCUT2D eigenvalue weighted by molar-refractivity contribution is -0.120. The van der Waals surface area contributed by atoms with Crippen LogP contribution in [0.25, 0.3) is 0 Å². The standard InChI is InChI=1S/C9H19NO4/c1-2-3-5-7(12)9(14)8(13)6(4-11)10-5/h5-14H,2-4H2,1H3/t5-,6+,7+,8-,9-/m1/s1. The Labute approximate surface area is 83.4 Å². The summed E-state index contributed by atoms with van der Waals surface area (Å²) >= 11 is 0. The fraction of sp³-hybridized carbons (Fsp3) is 1.00. The summed E-state index contributed by atoms with van der Waals surface area (Å²) in [5, 5.41) is 40.4. The first kappa shape index (κ1) is 11.9. The average Bonchev–Trinajstić information content (AvgIpc) is 2.19. The highest BCUT2D eigenvalue weighted by Gasteiger charge is 2.41. The van der Waals surface area contributed by atoms with Crippen LogP contribution in [0.5, 0.6) is 0 Å². The second-order valence-corrected chi connectivity index (χ2v) is 3.82. The topological polar surface area (TPSA) is 93.0 Å². The van der Waals surface area contributed by atoms with Crippen molar-refractivity contribution in [2.45, 2.75) is 50.2 Å². The van der Waals surface area contributed by atoms with E-state index >= 15 is 0 Å². The zero-order valence-electron chi connectivity index (χ0n) is 8.30. The summed E-state index contributed by atoms with van der Waals surface area (Å²) in [6.07, 6.45) is -1.67.